The Hall–Kier alpha value is -2.13. The maximum absolute atomic E-state index is 11.5. The minimum absolute atomic E-state index is 0.165. The van der Waals surface area contributed by atoms with E-state index in [4.69, 9.17) is 5.73 Å². The molecule has 0 radical (unpaired) electrons. The maximum Gasteiger partial charge on any atom is 0.254 e. The van der Waals surface area contributed by atoms with Crippen LogP contribution in [0.2, 0.25) is 0 Å². The molecule has 2 aromatic rings. The van der Waals surface area contributed by atoms with Crippen molar-refractivity contribution in [3.63, 3.8) is 0 Å². The summed E-state index contributed by atoms with van der Waals surface area (Å²) in [5.41, 5.74) is 6.09. The molecule has 2 heterocycles. The Morgan fingerprint density at radius 2 is 2.12 bits per heavy atom. The van der Waals surface area contributed by atoms with E-state index in [2.05, 4.69) is 47.7 Å². The third-order valence-corrected chi connectivity index (χ3v) is 6.58. The number of rotatable bonds is 0. The molecule has 6 nitrogen and oxygen atoms in total. The van der Waals surface area contributed by atoms with Gasteiger partial charge in [-0.25, -0.2) is 4.98 Å². The van der Waals surface area contributed by atoms with Crippen molar-refractivity contribution >= 4 is 11.6 Å². The minimum atomic E-state index is -1.03. The number of aryl methyl sites for hydroxylation is 1. The first kappa shape index (κ1) is 15.4. The molecule has 4 rings (SSSR count). The molecule has 2 aromatic heterocycles. The van der Waals surface area contributed by atoms with Crippen LogP contribution in [0, 0.1) is 35.5 Å². The molecule has 0 saturated heterocycles. The van der Waals surface area contributed by atoms with Crippen LogP contribution >= 0.6 is 0 Å². The van der Waals surface area contributed by atoms with Gasteiger partial charge in [0.25, 0.3) is 5.78 Å². The Morgan fingerprint density at radius 3 is 2.79 bits per heavy atom. The van der Waals surface area contributed by atoms with Crippen LogP contribution in [-0.4, -0.2) is 30.3 Å². The first-order valence-electron chi connectivity index (χ1n) is 8.41. The maximum atomic E-state index is 11.5. The van der Waals surface area contributed by atoms with Gasteiger partial charge in [-0.05, 0) is 32.1 Å². The van der Waals surface area contributed by atoms with Crippen LogP contribution in [-0.2, 0) is 0 Å². The molecule has 3 atom stereocenters. The van der Waals surface area contributed by atoms with Crippen LogP contribution < -0.4 is 5.73 Å². The number of nitrogens with zero attached hydrogens (tertiary/aromatic N) is 4. The predicted octanol–water partition coefficient (Wildman–Crippen LogP) is 1.94. The van der Waals surface area contributed by atoms with Crippen LogP contribution in [0.5, 0.6) is 0 Å². The topological polar surface area (TPSA) is 89.3 Å². The van der Waals surface area contributed by atoms with Gasteiger partial charge in [0.05, 0.1) is 11.3 Å². The number of hydrogen-bond acceptors (Lipinski definition) is 5. The van der Waals surface area contributed by atoms with Crippen LogP contribution in [0.1, 0.15) is 51.3 Å². The third-order valence-electron chi connectivity index (χ3n) is 6.58. The number of nitrogen functional groups attached to an aromatic ring is 1. The fourth-order valence-corrected chi connectivity index (χ4v) is 4.86. The highest BCUT2D eigenvalue weighted by molar-refractivity contribution is 5.58. The van der Waals surface area contributed by atoms with Crippen molar-refractivity contribution < 1.29 is 5.11 Å². The van der Waals surface area contributed by atoms with Crippen molar-refractivity contribution in [3.8, 4) is 11.8 Å². The average Bonchev–Trinajstić information content (AvgIpc) is 3.16. The Bertz CT molecular complexity index is 898. The molecule has 2 bridgehead atoms. The molecular formula is C18H23N5O. The third kappa shape index (κ3) is 1.68. The zero-order valence-corrected chi connectivity index (χ0v) is 14.6. The van der Waals surface area contributed by atoms with E-state index in [-0.39, 0.29) is 10.8 Å². The summed E-state index contributed by atoms with van der Waals surface area (Å²) in [6.07, 6.45) is 4.63. The van der Waals surface area contributed by atoms with E-state index in [1.54, 1.807) is 0 Å². The summed E-state index contributed by atoms with van der Waals surface area (Å²) in [5.74, 6) is 7.72. The second-order valence-corrected chi connectivity index (χ2v) is 8.11. The molecule has 0 amide bonds. The summed E-state index contributed by atoms with van der Waals surface area (Å²) >= 11 is 0. The molecule has 3 N–H and O–H groups in total. The summed E-state index contributed by atoms with van der Waals surface area (Å²) in [6.45, 7) is 8.27. The van der Waals surface area contributed by atoms with Gasteiger partial charge in [0.1, 0.15) is 17.7 Å². The van der Waals surface area contributed by atoms with Crippen molar-refractivity contribution in [1.82, 2.24) is 19.6 Å². The highest BCUT2D eigenvalue weighted by Crippen LogP contribution is 2.67. The van der Waals surface area contributed by atoms with Crippen molar-refractivity contribution in [1.29, 1.82) is 0 Å². The Labute approximate surface area is 141 Å². The van der Waals surface area contributed by atoms with E-state index in [1.165, 1.54) is 17.3 Å². The quantitative estimate of drug-likeness (QED) is 0.723. The van der Waals surface area contributed by atoms with E-state index >= 15 is 0 Å². The zero-order valence-electron chi connectivity index (χ0n) is 14.6. The molecule has 0 spiro atoms. The lowest BCUT2D eigenvalue weighted by Crippen LogP contribution is -2.53. The van der Waals surface area contributed by atoms with Gasteiger partial charge in [-0.3, -0.25) is 0 Å². The summed E-state index contributed by atoms with van der Waals surface area (Å²) in [5, 5.41) is 15.6. The van der Waals surface area contributed by atoms with E-state index in [0.29, 0.717) is 28.8 Å². The minimum Gasteiger partial charge on any atom is -0.382 e. The lowest BCUT2D eigenvalue weighted by Gasteiger charge is -2.47. The Morgan fingerprint density at radius 1 is 1.38 bits per heavy atom. The molecular weight excluding hydrogens is 302 g/mol. The fourth-order valence-electron chi connectivity index (χ4n) is 4.86. The first-order chi connectivity index (χ1) is 11.2. The molecule has 126 valence electrons. The Balaban J connectivity index is 1.85. The van der Waals surface area contributed by atoms with Crippen LogP contribution in [0.3, 0.4) is 0 Å². The van der Waals surface area contributed by atoms with Crippen LogP contribution in [0.4, 0.5) is 5.82 Å². The molecule has 6 heteroatoms. The number of anilines is 1. The molecule has 2 saturated carbocycles. The molecule has 2 fully saturated rings. The van der Waals surface area contributed by atoms with Gasteiger partial charge in [0, 0.05) is 10.8 Å². The summed E-state index contributed by atoms with van der Waals surface area (Å²) in [7, 11) is 0. The van der Waals surface area contributed by atoms with E-state index < -0.39 is 5.60 Å². The molecule has 0 aliphatic heterocycles. The number of aromatic nitrogens is 4. The zero-order chi connectivity index (χ0) is 17.3. The van der Waals surface area contributed by atoms with Crippen molar-refractivity contribution in [3.05, 3.63) is 17.6 Å². The monoisotopic (exact) mass is 325 g/mol. The van der Waals surface area contributed by atoms with Crippen LogP contribution in [0.15, 0.2) is 6.33 Å². The first-order valence-corrected chi connectivity index (χ1v) is 8.41. The van der Waals surface area contributed by atoms with Gasteiger partial charge in [0.2, 0.25) is 0 Å². The molecule has 0 aromatic carbocycles. The number of aliphatic hydroxyl groups is 1. The molecule has 2 aliphatic rings. The summed E-state index contributed by atoms with van der Waals surface area (Å²) in [6, 6.07) is 0. The molecule has 2 aliphatic carbocycles. The van der Waals surface area contributed by atoms with E-state index in [9.17, 15) is 5.11 Å². The predicted molar refractivity (Wildman–Crippen MR) is 91.0 cm³/mol. The van der Waals surface area contributed by atoms with Crippen molar-refractivity contribution in [2.45, 2.75) is 52.6 Å². The van der Waals surface area contributed by atoms with Crippen molar-refractivity contribution in [2.24, 2.45) is 16.7 Å². The smallest absolute Gasteiger partial charge is 0.254 e. The fraction of sp³-hybridized carbons (Fsp3) is 0.611. The SMILES string of the molecule is Cc1nc2ncnn2c(N)c1C#C[C@@]1(O)C(C)(C)[C@H]2CC[C@@]1(C)C2. The van der Waals surface area contributed by atoms with E-state index in [1.807, 2.05) is 6.92 Å². The number of nitrogens with two attached hydrogens (primary N) is 1. The largest absolute Gasteiger partial charge is 0.382 e. The van der Waals surface area contributed by atoms with Crippen molar-refractivity contribution in [2.75, 3.05) is 5.73 Å². The Kier molecular flexibility index (Phi) is 2.88. The van der Waals surface area contributed by atoms with Gasteiger partial charge in [-0.2, -0.15) is 14.6 Å². The lowest BCUT2D eigenvalue weighted by atomic mass is 9.60. The van der Waals surface area contributed by atoms with Crippen LogP contribution in [0.25, 0.3) is 5.78 Å². The number of hydrogen-bond donors (Lipinski definition) is 2. The normalized spacial score (nSPS) is 33.6. The van der Waals surface area contributed by atoms with Gasteiger partial charge in [-0.1, -0.05) is 32.6 Å². The standard InChI is InChI=1S/C18H23N5O/c1-11-13(14(19)23-15(22-11)20-10-21-23)6-8-18(24)16(2,3)12-5-7-17(18,4)9-12/h10,12,24H,5,7,9,19H2,1-4H3/t12-,17-,18+/m0/s1. The summed E-state index contributed by atoms with van der Waals surface area (Å²) in [4.78, 5) is 8.45. The van der Waals surface area contributed by atoms with Gasteiger partial charge in [-0.15, -0.1) is 0 Å². The van der Waals surface area contributed by atoms with E-state index in [0.717, 1.165) is 12.8 Å². The second kappa shape index (κ2) is 4.48. The molecule has 24 heavy (non-hydrogen) atoms. The molecule has 0 unspecified atom stereocenters. The lowest BCUT2D eigenvalue weighted by molar-refractivity contribution is -0.0953. The average molecular weight is 325 g/mol. The second-order valence-electron chi connectivity index (χ2n) is 8.11. The number of fused-ring (bicyclic) bond motifs is 3. The summed E-state index contributed by atoms with van der Waals surface area (Å²) < 4.78 is 1.48. The van der Waals surface area contributed by atoms with Gasteiger partial charge in [0.15, 0.2) is 0 Å². The highest BCUT2D eigenvalue weighted by atomic mass is 16.3. The highest BCUT2D eigenvalue weighted by Gasteiger charge is 2.68. The van der Waals surface area contributed by atoms with Gasteiger partial charge < -0.3 is 10.8 Å². The van der Waals surface area contributed by atoms with Gasteiger partial charge >= 0.3 is 0 Å².